The third kappa shape index (κ3) is 7.22. The molecule has 0 bridgehead atoms. The standard InChI is InChI=1S/C17H26N2O4S.ClH/c1-14-13-19(11-10-18-14)17(20)5-3-4-12-23-15-6-8-16(9-7-15)24(2,21)22;/h6-9,14,18H,3-5,10-13H2,1-2H3;1H. The Bertz CT molecular complexity index is 649. The lowest BCUT2D eigenvalue weighted by Gasteiger charge is -2.32. The first-order chi connectivity index (χ1) is 11.4. The number of unbranched alkanes of at least 4 members (excludes halogenated alkanes) is 1. The maximum atomic E-state index is 12.1. The number of piperazine rings is 1. The fraction of sp³-hybridized carbons (Fsp3) is 0.588. The Hall–Kier alpha value is -1.31. The number of sulfone groups is 1. The van der Waals surface area contributed by atoms with Gasteiger partial charge in [-0.25, -0.2) is 8.42 Å². The predicted molar refractivity (Wildman–Crippen MR) is 100 cm³/mol. The quantitative estimate of drug-likeness (QED) is 0.719. The molecule has 1 fully saturated rings. The highest BCUT2D eigenvalue weighted by Crippen LogP contribution is 2.16. The number of halogens is 1. The molecule has 1 aliphatic heterocycles. The molecular weight excluding hydrogens is 364 g/mol. The third-order valence-electron chi connectivity index (χ3n) is 4.03. The Balaban J connectivity index is 0.00000312. The van der Waals surface area contributed by atoms with E-state index in [-0.39, 0.29) is 23.2 Å². The summed E-state index contributed by atoms with van der Waals surface area (Å²) in [6.07, 6.45) is 3.31. The van der Waals surface area contributed by atoms with Crippen LogP contribution in [0, 0.1) is 0 Å². The van der Waals surface area contributed by atoms with Gasteiger partial charge in [0, 0.05) is 38.4 Å². The summed E-state index contributed by atoms with van der Waals surface area (Å²) in [6.45, 7) is 5.03. The van der Waals surface area contributed by atoms with Gasteiger partial charge < -0.3 is 15.0 Å². The average molecular weight is 391 g/mol. The van der Waals surface area contributed by atoms with Gasteiger partial charge in [-0.05, 0) is 44.0 Å². The highest BCUT2D eigenvalue weighted by Gasteiger charge is 2.19. The minimum Gasteiger partial charge on any atom is -0.494 e. The van der Waals surface area contributed by atoms with E-state index in [0.29, 0.717) is 24.8 Å². The second-order valence-corrected chi connectivity index (χ2v) is 8.26. The number of benzene rings is 1. The molecule has 1 saturated heterocycles. The summed E-state index contributed by atoms with van der Waals surface area (Å²) < 4.78 is 28.3. The lowest BCUT2D eigenvalue weighted by Crippen LogP contribution is -2.51. The van der Waals surface area contributed by atoms with Crippen LogP contribution in [0.4, 0.5) is 0 Å². The zero-order valence-corrected chi connectivity index (χ0v) is 16.4. The van der Waals surface area contributed by atoms with Crippen LogP contribution >= 0.6 is 12.4 Å². The maximum Gasteiger partial charge on any atom is 0.222 e. The number of hydrogen-bond donors (Lipinski definition) is 1. The van der Waals surface area contributed by atoms with E-state index in [1.807, 2.05) is 4.90 Å². The Morgan fingerprint density at radius 2 is 1.96 bits per heavy atom. The molecule has 1 heterocycles. The summed E-state index contributed by atoms with van der Waals surface area (Å²) in [5, 5.41) is 3.32. The van der Waals surface area contributed by atoms with Crippen LogP contribution in [0.1, 0.15) is 26.2 Å². The number of carbonyl (C=O) groups excluding carboxylic acids is 1. The molecule has 6 nitrogen and oxygen atoms in total. The smallest absolute Gasteiger partial charge is 0.222 e. The molecule has 1 amide bonds. The monoisotopic (exact) mass is 390 g/mol. The third-order valence-corrected chi connectivity index (χ3v) is 5.16. The van der Waals surface area contributed by atoms with Crippen LogP contribution in [0.3, 0.4) is 0 Å². The van der Waals surface area contributed by atoms with Gasteiger partial charge in [-0.15, -0.1) is 12.4 Å². The molecule has 1 aromatic rings. The molecule has 1 atom stereocenters. The lowest BCUT2D eigenvalue weighted by atomic mass is 10.2. The molecule has 8 heteroatoms. The molecule has 0 radical (unpaired) electrons. The highest BCUT2D eigenvalue weighted by molar-refractivity contribution is 7.90. The number of hydrogen-bond acceptors (Lipinski definition) is 5. The maximum absolute atomic E-state index is 12.1. The van der Waals surface area contributed by atoms with Crippen LogP contribution in [-0.2, 0) is 14.6 Å². The van der Waals surface area contributed by atoms with Gasteiger partial charge in [0.2, 0.25) is 5.91 Å². The summed E-state index contributed by atoms with van der Waals surface area (Å²) in [6, 6.07) is 6.76. The molecule has 0 aromatic heterocycles. The first kappa shape index (κ1) is 21.7. The van der Waals surface area contributed by atoms with Crippen molar-refractivity contribution in [3.8, 4) is 5.75 Å². The minimum absolute atomic E-state index is 0. The fourth-order valence-electron chi connectivity index (χ4n) is 2.67. The molecule has 0 aliphatic carbocycles. The zero-order valence-electron chi connectivity index (χ0n) is 14.7. The molecule has 2 rings (SSSR count). The topological polar surface area (TPSA) is 75.7 Å². The molecule has 1 N–H and O–H groups in total. The number of ether oxygens (including phenoxy) is 1. The van der Waals surface area contributed by atoms with Crippen molar-refractivity contribution in [1.82, 2.24) is 10.2 Å². The summed E-state index contributed by atoms with van der Waals surface area (Å²) in [5.41, 5.74) is 0. The highest BCUT2D eigenvalue weighted by atomic mass is 35.5. The summed E-state index contributed by atoms with van der Waals surface area (Å²) in [7, 11) is -3.18. The summed E-state index contributed by atoms with van der Waals surface area (Å²) >= 11 is 0. The largest absolute Gasteiger partial charge is 0.494 e. The van der Waals surface area contributed by atoms with Crippen molar-refractivity contribution in [1.29, 1.82) is 0 Å². The van der Waals surface area contributed by atoms with Crippen molar-refractivity contribution in [2.45, 2.75) is 37.1 Å². The number of rotatable bonds is 7. The van der Waals surface area contributed by atoms with E-state index in [2.05, 4.69) is 12.2 Å². The number of nitrogens with one attached hydrogen (secondary N) is 1. The van der Waals surface area contributed by atoms with E-state index >= 15 is 0 Å². The fourth-order valence-corrected chi connectivity index (χ4v) is 3.30. The van der Waals surface area contributed by atoms with E-state index in [1.54, 1.807) is 24.3 Å². The molecular formula is C17H27ClN2O4S. The summed E-state index contributed by atoms with van der Waals surface area (Å²) in [4.78, 5) is 14.3. The van der Waals surface area contributed by atoms with E-state index in [0.717, 1.165) is 32.5 Å². The second kappa shape index (κ2) is 9.99. The SMILES string of the molecule is CC1CN(C(=O)CCCCOc2ccc(S(C)(=O)=O)cc2)CCN1.Cl. The van der Waals surface area contributed by atoms with Crippen molar-refractivity contribution in [2.24, 2.45) is 0 Å². The molecule has 0 spiro atoms. The van der Waals surface area contributed by atoms with E-state index < -0.39 is 9.84 Å². The van der Waals surface area contributed by atoms with Crippen LogP contribution in [-0.4, -0.2) is 57.8 Å². The Morgan fingerprint density at radius 3 is 2.56 bits per heavy atom. The first-order valence-corrected chi connectivity index (χ1v) is 10.2. The van der Waals surface area contributed by atoms with Crippen LogP contribution < -0.4 is 10.1 Å². The van der Waals surface area contributed by atoms with Gasteiger partial charge in [-0.2, -0.15) is 0 Å². The van der Waals surface area contributed by atoms with Gasteiger partial charge >= 0.3 is 0 Å². The van der Waals surface area contributed by atoms with Crippen molar-refractivity contribution in [3.05, 3.63) is 24.3 Å². The van der Waals surface area contributed by atoms with Crippen molar-refractivity contribution < 1.29 is 17.9 Å². The van der Waals surface area contributed by atoms with Gasteiger partial charge in [-0.3, -0.25) is 4.79 Å². The second-order valence-electron chi connectivity index (χ2n) is 6.24. The van der Waals surface area contributed by atoms with Crippen LogP contribution in [0.15, 0.2) is 29.2 Å². The Morgan fingerprint density at radius 1 is 1.28 bits per heavy atom. The number of carbonyl (C=O) groups is 1. The average Bonchev–Trinajstić information content (AvgIpc) is 2.54. The van der Waals surface area contributed by atoms with Gasteiger partial charge in [-0.1, -0.05) is 0 Å². The van der Waals surface area contributed by atoms with Crippen LogP contribution in [0.2, 0.25) is 0 Å². The Labute approximate surface area is 156 Å². The van der Waals surface area contributed by atoms with Gasteiger partial charge in [0.1, 0.15) is 5.75 Å². The molecule has 142 valence electrons. The van der Waals surface area contributed by atoms with Crippen molar-refractivity contribution in [2.75, 3.05) is 32.5 Å². The van der Waals surface area contributed by atoms with Crippen molar-refractivity contribution >= 4 is 28.2 Å². The summed E-state index contributed by atoms with van der Waals surface area (Å²) in [5.74, 6) is 0.852. The van der Waals surface area contributed by atoms with Crippen LogP contribution in [0.5, 0.6) is 5.75 Å². The molecule has 0 saturated carbocycles. The van der Waals surface area contributed by atoms with Crippen LogP contribution in [0.25, 0.3) is 0 Å². The van der Waals surface area contributed by atoms with Gasteiger partial charge in [0.25, 0.3) is 0 Å². The van der Waals surface area contributed by atoms with Gasteiger partial charge in [0.05, 0.1) is 11.5 Å². The molecule has 25 heavy (non-hydrogen) atoms. The molecule has 1 aliphatic rings. The van der Waals surface area contributed by atoms with Crippen molar-refractivity contribution in [3.63, 3.8) is 0 Å². The normalized spacial score (nSPS) is 17.7. The zero-order chi connectivity index (χ0) is 17.6. The Kier molecular flexibility index (Phi) is 8.68. The molecule has 1 aromatic carbocycles. The van der Waals surface area contributed by atoms with E-state index in [4.69, 9.17) is 4.74 Å². The molecule has 1 unspecified atom stereocenters. The first-order valence-electron chi connectivity index (χ1n) is 8.30. The van der Waals surface area contributed by atoms with Gasteiger partial charge in [0.15, 0.2) is 9.84 Å². The predicted octanol–water partition coefficient (Wildman–Crippen LogP) is 1.88. The number of amides is 1. The van der Waals surface area contributed by atoms with E-state index in [1.165, 1.54) is 6.26 Å². The lowest BCUT2D eigenvalue weighted by molar-refractivity contribution is -0.132. The van der Waals surface area contributed by atoms with E-state index in [9.17, 15) is 13.2 Å². The minimum atomic E-state index is -3.18. The number of nitrogens with zero attached hydrogens (tertiary/aromatic N) is 1.